The molecule has 0 spiro atoms. The molecule has 0 radical (unpaired) electrons. The fourth-order valence-corrected chi connectivity index (χ4v) is 4.06. The second kappa shape index (κ2) is 7.19. The van der Waals surface area contributed by atoms with Crippen LogP contribution >= 0.6 is 11.8 Å². The zero-order chi connectivity index (χ0) is 12.8. The Morgan fingerprint density at radius 3 is 2.89 bits per heavy atom. The van der Waals surface area contributed by atoms with Crippen molar-refractivity contribution in [1.82, 2.24) is 14.9 Å². The zero-order valence-electron chi connectivity index (χ0n) is 11.6. The predicted molar refractivity (Wildman–Crippen MR) is 79.1 cm³/mol. The van der Waals surface area contributed by atoms with E-state index in [2.05, 4.69) is 40.7 Å². The number of thioether (sulfide) groups is 1. The van der Waals surface area contributed by atoms with Crippen molar-refractivity contribution in [3.8, 4) is 0 Å². The molecule has 0 aliphatic heterocycles. The molecule has 0 bridgehead atoms. The molecular formula is C14H25N3S. The van der Waals surface area contributed by atoms with Crippen molar-refractivity contribution in [3.63, 3.8) is 0 Å². The average molecular weight is 267 g/mol. The standard InChI is InChI=1S/C14H25N3S/c1-15-12(11-18-13-5-3-4-6-13)7-8-14-16-9-10-17(14)2/h9-10,12-13,15H,3-8,11H2,1-2H3. The van der Waals surface area contributed by atoms with Gasteiger partial charge in [0, 0.05) is 42.9 Å². The van der Waals surface area contributed by atoms with Gasteiger partial charge < -0.3 is 9.88 Å². The summed E-state index contributed by atoms with van der Waals surface area (Å²) in [5.74, 6) is 2.44. The van der Waals surface area contributed by atoms with Crippen molar-refractivity contribution in [2.75, 3.05) is 12.8 Å². The smallest absolute Gasteiger partial charge is 0.108 e. The molecule has 1 N–H and O–H groups in total. The van der Waals surface area contributed by atoms with Crippen LogP contribution in [0.3, 0.4) is 0 Å². The molecule has 1 fully saturated rings. The molecule has 0 saturated heterocycles. The molecule has 1 unspecified atom stereocenters. The van der Waals surface area contributed by atoms with E-state index >= 15 is 0 Å². The number of rotatable bonds is 7. The maximum absolute atomic E-state index is 4.39. The van der Waals surface area contributed by atoms with Crippen LogP contribution in [-0.2, 0) is 13.5 Å². The second-order valence-corrected chi connectivity index (χ2v) is 6.55. The number of hydrogen-bond acceptors (Lipinski definition) is 3. The fraction of sp³-hybridized carbons (Fsp3) is 0.786. The number of hydrogen-bond donors (Lipinski definition) is 1. The Morgan fingerprint density at radius 1 is 1.50 bits per heavy atom. The maximum Gasteiger partial charge on any atom is 0.108 e. The lowest BCUT2D eigenvalue weighted by Gasteiger charge is -2.18. The van der Waals surface area contributed by atoms with Gasteiger partial charge in [-0.15, -0.1) is 0 Å². The van der Waals surface area contributed by atoms with Crippen molar-refractivity contribution in [2.45, 2.75) is 49.8 Å². The van der Waals surface area contributed by atoms with Crippen molar-refractivity contribution in [1.29, 1.82) is 0 Å². The fourth-order valence-electron chi connectivity index (χ4n) is 2.56. The largest absolute Gasteiger partial charge is 0.338 e. The first-order valence-electron chi connectivity index (χ1n) is 7.04. The van der Waals surface area contributed by atoms with Crippen molar-refractivity contribution in [2.24, 2.45) is 7.05 Å². The summed E-state index contributed by atoms with van der Waals surface area (Å²) in [6.45, 7) is 0. The molecule has 1 aromatic rings. The SMILES string of the molecule is CNC(CCc1nccn1C)CSC1CCCC1. The number of aryl methyl sites for hydroxylation is 2. The van der Waals surface area contributed by atoms with Gasteiger partial charge in [-0.1, -0.05) is 12.8 Å². The van der Waals surface area contributed by atoms with E-state index < -0.39 is 0 Å². The molecule has 1 saturated carbocycles. The van der Waals surface area contributed by atoms with Gasteiger partial charge in [-0.25, -0.2) is 4.98 Å². The first kappa shape index (κ1) is 13.9. The van der Waals surface area contributed by atoms with Gasteiger partial charge in [0.2, 0.25) is 0 Å². The van der Waals surface area contributed by atoms with E-state index in [9.17, 15) is 0 Å². The first-order valence-corrected chi connectivity index (χ1v) is 8.09. The molecule has 1 aliphatic carbocycles. The van der Waals surface area contributed by atoms with Crippen LogP contribution in [0.2, 0.25) is 0 Å². The molecular weight excluding hydrogens is 242 g/mol. The van der Waals surface area contributed by atoms with E-state index in [1.165, 1.54) is 43.7 Å². The number of imidazole rings is 1. The third-order valence-corrected chi connectivity index (χ3v) is 5.42. The van der Waals surface area contributed by atoms with E-state index in [1.54, 1.807) is 0 Å². The van der Waals surface area contributed by atoms with Crippen molar-refractivity contribution >= 4 is 11.8 Å². The highest BCUT2D eigenvalue weighted by Gasteiger charge is 2.17. The van der Waals surface area contributed by atoms with E-state index in [1.807, 2.05) is 12.4 Å². The van der Waals surface area contributed by atoms with Gasteiger partial charge in [0.05, 0.1) is 0 Å². The topological polar surface area (TPSA) is 29.9 Å². The van der Waals surface area contributed by atoms with Crippen LogP contribution in [0.15, 0.2) is 12.4 Å². The van der Waals surface area contributed by atoms with Gasteiger partial charge in [0.15, 0.2) is 0 Å². The number of aromatic nitrogens is 2. The number of nitrogens with zero attached hydrogens (tertiary/aromatic N) is 2. The highest BCUT2D eigenvalue weighted by molar-refractivity contribution is 7.99. The Bertz CT molecular complexity index is 345. The molecule has 0 aromatic carbocycles. The van der Waals surface area contributed by atoms with Crippen LogP contribution in [0.4, 0.5) is 0 Å². The van der Waals surface area contributed by atoms with Crippen LogP contribution in [0.25, 0.3) is 0 Å². The van der Waals surface area contributed by atoms with Crippen LogP contribution in [-0.4, -0.2) is 33.6 Å². The minimum atomic E-state index is 0.618. The second-order valence-electron chi connectivity index (χ2n) is 5.22. The van der Waals surface area contributed by atoms with Gasteiger partial charge in [0.25, 0.3) is 0 Å². The minimum absolute atomic E-state index is 0.618. The Balaban J connectivity index is 1.70. The monoisotopic (exact) mass is 267 g/mol. The average Bonchev–Trinajstić information content (AvgIpc) is 3.01. The summed E-state index contributed by atoms with van der Waals surface area (Å²) in [5, 5.41) is 4.38. The summed E-state index contributed by atoms with van der Waals surface area (Å²) in [5.41, 5.74) is 0. The lowest BCUT2D eigenvalue weighted by molar-refractivity contribution is 0.557. The highest BCUT2D eigenvalue weighted by atomic mass is 32.2. The molecule has 3 nitrogen and oxygen atoms in total. The van der Waals surface area contributed by atoms with Gasteiger partial charge in [-0.2, -0.15) is 11.8 Å². The van der Waals surface area contributed by atoms with E-state index in [-0.39, 0.29) is 0 Å². The lowest BCUT2D eigenvalue weighted by Crippen LogP contribution is -2.29. The molecule has 1 aliphatic rings. The summed E-state index contributed by atoms with van der Waals surface area (Å²) in [6, 6.07) is 0.618. The van der Waals surface area contributed by atoms with Gasteiger partial charge in [-0.3, -0.25) is 0 Å². The summed E-state index contributed by atoms with van der Waals surface area (Å²) in [4.78, 5) is 4.39. The zero-order valence-corrected chi connectivity index (χ0v) is 12.4. The Labute approximate surface area is 115 Å². The molecule has 102 valence electrons. The molecule has 0 amide bonds. The molecule has 1 atom stereocenters. The Morgan fingerprint density at radius 2 is 2.28 bits per heavy atom. The highest BCUT2D eigenvalue weighted by Crippen LogP contribution is 2.30. The minimum Gasteiger partial charge on any atom is -0.338 e. The maximum atomic E-state index is 4.39. The Hall–Kier alpha value is -0.480. The summed E-state index contributed by atoms with van der Waals surface area (Å²) < 4.78 is 2.12. The van der Waals surface area contributed by atoms with Crippen LogP contribution in [0.1, 0.15) is 37.9 Å². The molecule has 2 rings (SSSR count). The molecule has 1 heterocycles. The number of nitrogens with one attached hydrogen (secondary N) is 1. The van der Waals surface area contributed by atoms with E-state index in [0.29, 0.717) is 6.04 Å². The van der Waals surface area contributed by atoms with Crippen LogP contribution in [0, 0.1) is 0 Å². The summed E-state index contributed by atoms with van der Waals surface area (Å²) in [6.07, 6.45) is 11.9. The Kier molecular flexibility index (Phi) is 5.57. The molecule has 4 heteroatoms. The lowest BCUT2D eigenvalue weighted by atomic mass is 10.2. The van der Waals surface area contributed by atoms with Crippen molar-refractivity contribution in [3.05, 3.63) is 18.2 Å². The van der Waals surface area contributed by atoms with Crippen LogP contribution < -0.4 is 5.32 Å². The first-order chi connectivity index (χ1) is 8.79. The van der Waals surface area contributed by atoms with E-state index in [4.69, 9.17) is 0 Å². The van der Waals surface area contributed by atoms with E-state index in [0.717, 1.165) is 11.7 Å². The third-order valence-electron chi connectivity index (χ3n) is 3.88. The normalized spacial score (nSPS) is 18.3. The molecule has 18 heavy (non-hydrogen) atoms. The molecule has 1 aromatic heterocycles. The van der Waals surface area contributed by atoms with Gasteiger partial charge in [0.1, 0.15) is 5.82 Å². The van der Waals surface area contributed by atoms with Crippen molar-refractivity contribution < 1.29 is 0 Å². The predicted octanol–water partition coefficient (Wildman–Crippen LogP) is 2.62. The summed E-state index contributed by atoms with van der Waals surface area (Å²) in [7, 11) is 4.16. The van der Waals surface area contributed by atoms with Gasteiger partial charge in [-0.05, 0) is 26.3 Å². The summed E-state index contributed by atoms with van der Waals surface area (Å²) >= 11 is 2.17. The van der Waals surface area contributed by atoms with Crippen LogP contribution in [0.5, 0.6) is 0 Å². The third kappa shape index (κ3) is 4.02. The van der Waals surface area contributed by atoms with Gasteiger partial charge >= 0.3 is 0 Å². The quantitative estimate of drug-likeness (QED) is 0.823.